The highest BCUT2D eigenvalue weighted by atomic mass is 16.6. The maximum atomic E-state index is 11.7. The molecule has 1 unspecified atom stereocenters. The van der Waals surface area contributed by atoms with Crippen LogP contribution in [0.3, 0.4) is 0 Å². The molecule has 1 heterocycles. The van der Waals surface area contributed by atoms with Crippen molar-refractivity contribution in [1.82, 2.24) is 0 Å². The summed E-state index contributed by atoms with van der Waals surface area (Å²) in [4.78, 5) is 11.7. The van der Waals surface area contributed by atoms with Crippen LogP contribution in [0.2, 0.25) is 0 Å². The van der Waals surface area contributed by atoms with E-state index < -0.39 is 11.7 Å². The van der Waals surface area contributed by atoms with Crippen molar-refractivity contribution in [3.63, 3.8) is 0 Å². The lowest BCUT2D eigenvalue weighted by atomic mass is 10.0. The SMILES string of the molecule is CC(C)(C)OC(=O)Nc1ccc2c(c1)C(N)CCO2. The van der Waals surface area contributed by atoms with Gasteiger partial charge in [-0.1, -0.05) is 0 Å². The van der Waals surface area contributed by atoms with E-state index in [2.05, 4.69) is 5.32 Å². The number of anilines is 1. The minimum Gasteiger partial charge on any atom is -0.493 e. The summed E-state index contributed by atoms with van der Waals surface area (Å²) in [6.07, 6.45) is 0.306. The number of rotatable bonds is 1. The van der Waals surface area contributed by atoms with Gasteiger partial charge in [0.15, 0.2) is 0 Å². The van der Waals surface area contributed by atoms with Crippen LogP contribution in [0.5, 0.6) is 5.75 Å². The highest BCUT2D eigenvalue weighted by molar-refractivity contribution is 5.85. The molecule has 0 fully saturated rings. The third kappa shape index (κ3) is 3.61. The second-order valence-electron chi connectivity index (χ2n) is 5.62. The maximum absolute atomic E-state index is 11.7. The molecule has 1 aliphatic rings. The van der Waals surface area contributed by atoms with Crippen LogP contribution in [0, 0.1) is 0 Å². The Morgan fingerprint density at radius 3 is 2.89 bits per heavy atom. The van der Waals surface area contributed by atoms with Gasteiger partial charge < -0.3 is 15.2 Å². The monoisotopic (exact) mass is 264 g/mol. The van der Waals surface area contributed by atoms with Crippen molar-refractivity contribution < 1.29 is 14.3 Å². The van der Waals surface area contributed by atoms with Crippen LogP contribution < -0.4 is 15.8 Å². The fourth-order valence-electron chi connectivity index (χ4n) is 1.92. The summed E-state index contributed by atoms with van der Waals surface area (Å²) < 4.78 is 10.7. The second kappa shape index (κ2) is 5.09. The molecule has 3 N–H and O–H groups in total. The molecular weight excluding hydrogens is 244 g/mol. The molecule has 1 amide bonds. The number of nitrogens with one attached hydrogen (secondary N) is 1. The third-order valence-corrected chi connectivity index (χ3v) is 2.74. The molecule has 104 valence electrons. The number of carbonyl (C=O) groups is 1. The molecule has 0 aliphatic carbocycles. The van der Waals surface area contributed by atoms with Gasteiger partial charge in [0, 0.05) is 23.7 Å². The number of hydrogen-bond donors (Lipinski definition) is 2. The van der Waals surface area contributed by atoms with E-state index in [1.807, 2.05) is 32.9 Å². The molecule has 5 nitrogen and oxygen atoms in total. The van der Waals surface area contributed by atoms with Crippen LogP contribution in [0.1, 0.15) is 38.8 Å². The Kier molecular flexibility index (Phi) is 3.66. The number of ether oxygens (including phenoxy) is 2. The van der Waals surface area contributed by atoms with Gasteiger partial charge in [0.05, 0.1) is 6.61 Å². The summed E-state index contributed by atoms with van der Waals surface area (Å²) in [5.41, 5.74) is 7.09. The zero-order chi connectivity index (χ0) is 14.0. The molecule has 1 atom stereocenters. The Bertz CT molecular complexity index is 480. The number of hydrogen-bond acceptors (Lipinski definition) is 4. The minimum absolute atomic E-state index is 0.0517. The molecule has 1 aliphatic heterocycles. The maximum Gasteiger partial charge on any atom is 0.412 e. The lowest BCUT2D eigenvalue weighted by Gasteiger charge is -2.24. The molecule has 0 radical (unpaired) electrons. The number of carbonyl (C=O) groups excluding carboxylic acids is 1. The Morgan fingerprint density at radius 1 is 1.47 bits per heavy atom. The fraction of sp³-hybridized carbons (Fsp3) is 0.500. The van der Waals surface area contributed by atoms with E-state index in [0.29, 0.717) is 12.3 Å². The summed E-state index contributed by atoms with van der Waals surface area (Å²) in [5, 5.41) is 2.70. The molecule has 2 rings (SSSR count). The quantitative estimate of drug-likeness (QED) is 0.818. The first-order valence-corrected chi connectivity index (χ1v) is 6.37. The van der Waals surface area contributed by atoms with Crippen molar-refractivity contribution in [2.24, 2.45) is 5.73 Å². The van der Waals surface area contributed by atoms with E-state index >= 15 is 0 Å². The van der Waals surface area contributed by atoms with Crippen LogP contribution in [0.4, 0.5) is 10.5 Å². The Morgan fingerprint density at radius 2 is 2.21 bits per heavy atom. The Labute approximate surface area is 113 Å². The Balaban J connectivity index is 2.10. The highest BCUT2D eigenvalue weighted by Crippen LogP contribution is 2.32. The molecule has 5 heteroatoms. The molecule has 0 spiro atoms. The summed E-state index contributed by atoms with van der Waals surface area (Å²) in [6.45, 7) is 6.10. The molecule has 1 aromatic rings. The summed E-state index contributed by atoms with van der Waals surface area (Å²) in [7, 11) is 0. The zero-order valence-electron chi connectivity index (χ0n) is 11.5. The first kappa shape index (κ1) is 13.7. The largest absolute Gasteiger partial charge is 0.493 e. The summed E-state index contributed by atoms with van der Waals surface area (Å²) in [6, 6.07) is 5.38. The van der Waals surface area contributed by atoms with Gasteiger partial charge in [-0.15, -0.1) is 0 Å². The fourth-order valence-corrected chi connectivity index (χ4v) is 1.92. The molecule has 0 saturated heterocycles. The highest BCUT2D eigenvalue weighted by Gasteiger charge is 2.20. The van der Waals surface area contributed by atoms with Crippen molar-refractivity contribution >= 4 is 11.8 Å². The average molecular weight is 264 g/mol. The normalized spacial score (nSPS) is 18.2. The molecule has 0 bridgehead atoms. The van der Waals surface area contributed by atoms with E-state index in [9.17, 15) is 4.79 Å². The van der Waals surface area contributed by atoms with Gasteiger partial charge in [-0.2, -0.15) is 0 Å². The minimum atomic E-state index is -0.516. The molecule has 1 aromatic carbocycles. The van der Waals surface area contributed by atoms with Crippen LogP contribution in [-0.4, -0.2) is 18.3 Å². The standard InChI is InChI=1S/C14H20N2O3/c1-14(2,3)19-13(17)16-9-4-5-12-10(8-9)11(15)6-7-18-12/h4-5,8,11H,6-7,15H2,1-3H3,(H,16,17). The molecule has 19 heavy (non-hydrogen) atoms. The van der Waals surface area contributed by atoms with Crippen molar-refractivity contribution in [3.05, 3.63) is 23.8 Å². The van der Waals surface area contributed by atoms with Crippen molar-refractivity contribution in [2.45, 2.75) is 38.8 Å². The first-order valence-electron chi connectivity index (χ1n) is 6.37. The number of nitrogens with two attached hydrogens (primary N) is 1. The van der Waals surface area contributed by atoms with Gasteiger partial charge in [0.1, 0.15) is 11.4 Å². The van der Waals surface area contributed by atoms with Gasteiger partial charge in [-0.05, 0) is 39.0 Å². The smallest absolute Gasteiger partial charge is 0.412 e. The Hall–Kier alpha value is -1.75. The number of fused-ring (bicyclic) bond motifs is 1. The summed E-state index contributed by atoms with van der Waals surface area (Å²) >= 11 is 0. The lowest BCUT2D eigenvalue weighted by molar-refractivity contribution is 0.0636. The number of benzene rings is 1. The number of amides is 1. The van der Waals surface area contributed by atoms with Gasteiger partial charge in [-0.3, -0.25) is 5.32 Å². The molecular formula is C14H20N2O3. The van der Waals surface area contributed by atoms with E-state index in [-0.39, 0.29) is 6.04 Å². The lowest BCUT2D eigenvalue weighted by Crippen LogP contribution is -2.27. The predicted molar refractivity (Wildman–Crippen MR) is 73.3 cm³/mol. The van der Waals surface area contributed by atoms with Gasteiger partial charge in [-0.25, -0.2) is 4.79 Å². The van der Waals surface area contributed by atoms with Crippen LogP contribution in [0.15, 0.2) is 18.2 Å². The van der Waals surface area contributed by atoms with E-state index in [0.717, 1.165) is 17.7 Å². The van der Waals surface area contributed by atoms with Crippen molar-refractivity contribution in [1.29, 1.82) is 0 Å². The van der Waals surface area contributed by atoms with E-state index in [4.69, 9.17) is 15.2 Å². The van der Waals surface area contributed by atoms with E-state index in [1.165, 1.54) is 0 Å². The average Bonchev–Trinajstić information content (AvgIpc) is 2.27. The van der Waals surface area contributed by atoms with Gasteiger partial charge >= 0.3 is 6.09 Å². The predicted octanol–water partition coefficient (Wildman–Crippen LogP) is 2.82. The van der Waals surface area contributed by atoms with Crippen LogP contribution >= 0.6 is 0 Å². The van der Waals surface area contributed by atoms with Gasteiger partial charge in [0.25, 0.3) is 0 Å². The van der Waals surface area contributed by atoms with Crippen LogP contribution in [-0.2, 0) is 4.74 Å². The third-order valence-electron chi connectivity index (χ3n) is 2.74. The first-order chi connectivity index (χ1) is 8.85. The summed E-state index contributed by atoms with van der Waals surface area (Å²) in [5.74, 6) is 0.786. The van der Waals surface area contributed by atoms with E-state index in [1.54, 1.807) is 6.07 Å². The van der Waals surface area contributed by atoms with Crippen molar-refractivity contribution in [2.75, 3.05) is 11.9 Å². The van der Waals surface area contributed by atoms with Crippen molar-refractivity contribution in [3.8, 4) is 5.75 Å². The topological polar surface area (TPSA) is 73.6 Å². The van der Waals surface area contributed by atoms with Gasteiger partial charge in [0.2, 0.25) is 0 Å². The molecule has 0 aromatic heterocycles. The second-order valence-corrected chi connectivity index (χ2v) is 5.62. The van der Waals surface area contributed by atoms with Crippen LogP contribution in [0.25, 0.3) is 0 Å². The zero-order valence-corrected chi connectivity index (χ0v) is 11.5. The molecule has 0 saturated carbocycles.